The van der Waals surface area contributed by atoms with Gasteiger partial charge in [0.05, 0.1) is 6.10 Å². The van der Waals surface area contributed by atoms with Gasteiger partial charge in [0.15, 0.2) is 0 Å². The molecule has 5 nitrogen and oxygen atoms in total. The Kier molecular flexibility index (Phi) is 6.56. The van der Waals surface area contributed by atoms with Crippen molar-refractivity contribution in [3.8, 4) is 16.9 Å². The van der Waals surface area contributed by atoms with Crippen LogP contribution in [0.2, 0.25) is 0 Å². The molecule has 1 unspecified atom stereocenters. The van der Waals surface area contributed by atoms with Gasteiger partial charge in [-0.1, -0.05) is 18.2 Å². The molecule has 0 amide bonds. The lowest BCUT2D eigenvalue weighted by Crippen LogP contribution is -2.26. The Balaban J connectivity index is 1.63. The summed E-state index contributed by atoms with van der Waals surface area (Å²) in [5.74, 6) is 0.486. The number of hydrogen-bond acceptors (Lipinski definition) is 4. The molecule has 0 aliphatic heterocycles. The van der Waals surface area contributed by atoms with E-state index in [2.05, 4.69) is 4.98 Å². The van der Waals surface area contributed by atoms with Crippen LogP contribution in [0.25, 0.3) is 11.1 Å². The summed E-state index contributed by atoms with van der Waals surface area (Å²) in [6.45, 7) is 0.0949. The molecule has 0 spiro atoms. The molecule has 1 atom stereocenters. The Labute approximate surface area is 171 Å². The van der Waals surface area contributed by atoms with Crippen LogP contribution in [0.3, 0.4) is 0 Å². The highest BCUT2D eigenvalue weighted by Crippen LogP contribution is 2.30. The van der Waals surface area contributed by atoms with Gasteiger partial charge in [0, 0.05) is 25.6 Å². The number of ether oxygens (including phenoxy) is 1. The van der Waals surface area contributed by atoms with E-state index in [1.54, 1.807) is 36.7 Å². The molecule has 1 N–H and O–H groups in total. The number of alkyl halides is 3. The van der Waals surface area contributed by atoms with E-state index >= 15 is 0 Å². The minimum absolute atomic E-state index is 0.0949. The second-order valence-electron chi connectivity index (χ2n) is 6.95. The molecule has 0 saturated carbocycles. The Morgan fingerprint density at radius 3 is 2.53 bits per heavy atom. The normalized spacial score (nSPS) is 12.6. The van der Waals surface area contributed by atoms with Crippen LogP contribution in [-0.2, 0) is 19.6 Å². The number of hydrogen-bond donors (Lipinski definition) is 1. The lowest BCUT2D eigenvalue weighted by Gasteiger charge is -2.13. The molecular weight excluding hydrogens is 397 g/mol. The molecule has 158 valence electrons. The summed E-state index contributed by atoms with van der Waals surface area (Å²) in [7, 11) is 1.28. The van der Waals surface area contributed by atoms with Crippen LogP contribution in [0.5, 0.6) is 5.75 Å². The number of aryl methyl sites for hydroxylation is 2. The summed E-state index contributed by atoms with van der Waals surface area (Å²) in [4.78, 5) is 15.8. The molecule has 0 bridgehead atoms. The zero-order valence-corrected chi connectivity index (χ0v) is 16.3. The highest BCUT2D eigenvalue weighted by Gasteiger charge is 2.34. The Hall–Kier alpha value is -3.13. The zero-order chi connectivity index (χ0) is 21.7. The summed E-state index contributed by atoms with van der Waals surface area (Å²) >= 11 is 0. The molecule has 8 heteroatoms. The summed E-state index contributed by atoms with van der Waals surface area (Å²) in [6.07, 6.45) is 0.591. The minimum Gasteiger partial charge on any atom is -0.491 e. The minimum atomic E-state index is -4.72. The van der Waals surface area contributed by atoms with Gasteiger partial charge in [-0.15, -0.1) is 0 Å². The van der Waals surface area contributed by atoms with Crippen LogP contribution in [0.15, 0.2) is 65.8 Å². The fraction of sp³-hybridized carbons (Fsp3) is 0.273. The van der Waals surface area contributed by atoms with Crippen molar-refractivity contribution in [2.45, 2.75) is 25.1 Å². The lowest BCUT2D eigenvalue weighted by atomic mass is 10.1. The number of halogens is 3. The SMILES string of the molecule is Cn1cc(-c2ccc(OCC(O)CCc3cccnc3)cc2)cc(C(F)(F)F)c1=O. The maximum atomic E-state index is 13.1. The predicted molar refractivity (Wildman–Crippen MR) is 106 cm³/mol. The topological polar surface area (TPSA) is 64.3 Å². The third kappa shape index (κ3) is 5.48. The van der Waals surface area contributed by atoms with Crippen LogP contribution < -0.4 is 10.3 Å². The van der Waals surface area contributed by atoms with Gasteiger partial charge in [0.2, 0.25) is 0 Å². The van der Waals surface area contributed by atoms with Gasteiger partial charge in [-0.2, -0.15) is 13.2 Å². The van der Waals surface area contributed by atoms with Crippen LogP contribution in [0.1, 0.15) is 17.5 Å². The molecule has 3 rings (SSSR count). The monoisotopic (exact) mass is 418 g/mol. The predicted octanol–water partition coefficient (Wildman–Crippen LogP) is 3.84. The van der Waals surface area contributed by atoms with Crippen molar-refractivity contribution in [1.29, 1.82) is 0 Å². The van der Waals surface area contributed by atoms with Crippen molar-refractivity contribution in [3.05, 3.63) is 82.5 Å². The van der Waals surface area contributed by atoms with E-state index in [1.807, 2.05) is 12.1 Å². The van der Waals surface area contributed by atoms with Crippen molar-refractivity contribution in [2.24, 2.45) is 7.05 Å². The molecule has 3 aromatic rings. The lowest BCUT2D eigenvalue weighted by molar-refractivity contribution is -0.138. The summed E-state index contributed by atoms with van der Waals surface area (Å²) in [6, 6.07) is 11.1. The molecule has 0 saturated heterocycles. The number of benzene rings is 1. The average molecular weight is 418 g/mol. The smallest absolute Gasteiger partial charge is 0.421 e. The van der Waals surface area contributed by atoms with Crippen molar-refractivity contribution < 1.29 is 23.0 Å². The maximum absolute atomic E-state index is 13.1. The largest absolute Gasteiger partial charge is 0.491 e. The quantitative estimate of drug-likeness (QED) is 0.633. The molecular formula is C22H21F3N2O3. The van der Waals surface area contributed by atoms with Crippen LogP contribution in [-0.4, -0.2) is 27.4 Å². The summed E-state index contributed by atoms with van der Waals surface area (Å²) in [5.41, 5.74) is -0.490. The van der Waals surface area contributed by atoms with Crippen molar-refractivity contribution in [1.82, 2.24) is 9.55 Å². The maximum Gasteiger partial charge on any atom is 0.421 e. The van der Waals surface area contributed by atoms with Gasteiger partial charge in [0.1, 0.15) is 17.9 Å². The van der Waals surface area contributed by atoms with Crippen molar-refractivity contribution in [3.63, 3.8) is 0 Å². The number of nitrogens with zero attached hydrogens (tertiary/aromatic N) is 2. The molecule has 0 aliphatic rings. The first-order chi connectivity index (χ1) is 14.2. The van der Waals surface area contributed by atoms with Gasteiger partial charge in [-0.3, -0.25) is 9.78 Å². The first kappa shape index (κ1) is 21.6. The summed E-state index contributed by atoms with van der Waals surface area (Å²) < 4.78 is 45.7. The zero-order valence-electron chi connectivity index (χ0n) is 16.3. The fourth-order valence-corrected chi connectivity index (χ4v) is 2.97. The number of rotatable bonds is 7. The standard InChI is InChI=1S/C22H21F3N2O3/c1-27-13-17(11-20(21(27)29)22(23,24)25)16-5-8-19(9-6-16)30-14-18(28)7-4-15-3-2-10-26-12-15/h2-3,5-6,8-13,18,28H,4,7,14H2,1H3. The van der Waals surface area contributed by atoms with Crippen LogP contribution >= 0.6 is 0 Å². The molecule has 2 aromatic heterocycles. The van der Waals surface area contributed by atoms with Crippen LogP contribution in [0, 0.1) is 0 Å². The second kappa shape index (κ2) is 9.13. The molecule has 1 aromatic carbocycles. The number of aliphatic hydroxyl groups excluding tert-OH is 1. The Bertz CT molecular complexity index is 1030. The van der Waals surface area contributed by atoms with Crippen molar-refractivity contribution in [2.75, 3.05) is 6.61 Å². The molecule has 0 radical (unpaired) electrons. The van der Waals surface area contributed by atoms with E-state index in [1.165, 1.54) is 13.2 Å². The molecule has 0 aliphatic carbocycles. The summed E-state index contributed by atoms with van der Waals surface area (Å²) in [5, 5.41) is 10.1. The fourth-order valence-electron chi connectivity index (χ4n) is 2.97. The van der Waals surface area contributed by atoms with Gasteiger partial charge < -0.3 is 14.4 Å². The Morgan fingerprint density at radius 2 is 1.90 bits per heavy atom. The van der Waals surface area contributed by atoms with Crippen LogP contribution in [0.4, 0.5) is 13.2 Å². The van der Waals surface area contributed by atoms with Gasteiger partial charge in [-0.25, -0.2) is 0 Å². The number of pyridine rings is 2. The molecule has 2 heterocycles. The van der Waals surface area contributed by atoms with E-state index in [0.29, 0.717) is 24.2 Å². The molecule has 0 fully saturated rings. The Morgan fingerprint density at radius 1 is 1.17 bits per heavy atom. The van der Waals surface area contributed by atoms with Gasteiger partial charge >= 0.3 is 6.18 Å². The van der Waals surface area contributed by atoms with Gasteiger partial charge in [-0.05, 0) is 53.8 Å². The number of aliphatic hydroxyl groups is 1. The van der Waals surface area contributed by atoms with Crippen molar-refractivity contribution >= 4 is 0 Å². The van der Waals surface area contributed by atoms with E-state index in [0.717, 1.165) is 16.2 Å². The van der Waals surface area contributed by atoms with Gasteiger partial charge in [0.25, 0.3) is 5.56 Å². The van der Waals surface area contributed by atoms with E-state index in [9.17, 15) is 23.1 Å². The van der Waals surface area contributed by atoms with E-state index < -0.39 is 23.4 Å². The number of aromatic nitrogens is 2. The van der Waals surface area contributed by atoms with E-state index in [4.69, 9.17) is 4.74 Å². The third-order valence-corrected chi connectivity index (χ3v) is 4.61. The second-order valence-corrected chi connectivity index (χ2v) is 6.95. The van der Waals surface area contributed by atoms with E-state index in [-0.39, 0.29) is 12.2 Å². The average Bonchev–Trinajstić information content (AvgIpc) is 2.73. The first-order valence-electron chi connectivity index (χ1n) is 9.32. The molecule has 30 heavy (non-hydrogen) atoms. The highest BCUT2D eigenvalue weighted by molar-refractivity contribution is 5.64. The third-order valence-electron chi connectivity index (χ3n) is 4.61. The highest BCUT2D eigenvalue weighted by atomic mass is 19.4. The first-order valence-corrected chi connectivity index (χ1v) is 9.32.